The van der Waals surface area contributed by atoms with Crippen LogP contribution in [0.1, 0.15) is 16.1 Å². The molecule has 1 N–H and O–H groups in total. The van der Waals surface area contributed by atoms with Gasteiger partial charge in [-0.15, -0.1) is 5.10 Å². The van der Waals surface area contributed by atoms with E-state index in [0.717, 1.165) is 5.69 Å². The average molecular weight is 435 g/mol. The molecule has 2 aromatic heterocycles. The number of nitrogens with zero attached hydrogens (tertiary/aromatic N) is 6. The van der Waals surface area contributed by atoms with Crippen molar-refractivity contribution in [3.8, 4) is 5.69 Å². The minimum atomic E-state index is -0.580. The second-order valence-corrected chi connectivity index (χ2v) is 6.95. The van der Waals surface area contributed by atoms with Crippen LogP contribution < -0.4 is 5.43 Å². The summed E-state index contributed by atoms with van der Waals surface area (Å²) in [5, 5.41) is 27.4. The van der Waals surface area contributed by atoms with E-state index in [-0.39, 0.29) is 11.3 Å². The molecule has 4 aromatic rings. The summed E-state index contributed by atoms with van der Waals surface area (Å²) < 4.78 is 7.23. The van der Waals surface area contributed by atoms with E-state index in [2.05, 4.69) is 26.1 Å². The van der Waals surface area contributed by atoms with Gasteiger partial charge in [0.05, 0.1) is 16.8 Å². The Labute approximate surface area is 178 Å². The molecule has 12 heteroatoms. The molecule has 31 heavy (non-hydrogen) atoms. The number of tetrazole rings is 1. The van der Waals surface area contributed by atoms with Gasteiger partial charge in [-0.3, -0.25) is 14.9 Å². The molecule has 2 aromatic carbocycles. The zero-order valence-corrected chi connectivity index (χ0v) is 16.5. The first-order valence-corrected chi connectivity index (χ1v) is 9.61. The van der Waals surface area contributed by atoms with Gasteiger partial charge < -0.3 is 4.42 Å². The van der Waals surface area contributed by atoms with Crippen LogP contribution in [0, 0.1) is 10.1 Å². The summed E-state index contributed by atoms with van der Waals surface area (Å²) in [6, 6.07) is 18.2. The van der Waals surface area contributed by atoms with Crippen molar-refractivity contribution in [3.05, 3.63) is 88.2 Å². The number of hydrogen-bond donors (Lipinski definition) is 1. The largest absolute Gasteiger partial charge is 0.448 e. The van der Waals surface area contributed by atoms with E-state index in [1.165, 1.54) is 42.2 Å². The highest BCUT2D eigenvalue weighted by Gasteiger charge is 2.13. The van der Waals surface area contributed by atoms with Gasteiger partial charge in [0.15, 0.2) is 5.09 Å². The lowest BCUT2D eigenvalue weighted by molar-refractivity contribution is -0.384. The van der Waals surface area contributed by atoms with Crippen LogP contribution in [0.2, 0.25) is 0 Å². The van der Waals surface area contributed by atoms with Crippen LogP contribution in [0.4, 0.5) is 5.69 Å². The number of nitro groups is 1. The summed E-state index contributed by atoms with van der Waals surface area (Å²) in [5.41, 5.74) is 3.06. The average Bonchev–Trinajstić information content (AvgIpc) is 3.44. The molecule has 0 saturated heterocycles. The number of aromatic nitrogens is 4. The Morgan fingerprint density at radius 3 is 2.81 bits per heavy atom. The van der Waals surface area contributed by atoms with E-state index >= 15 is 0 Å². The number of non-ortho nitro benzene ring substituents is 1. The normalized spacial score (nSPS) is 11.0. The molecule has 4 rings (SSSR count). The Hall–Kier alpha value is -4.32. The number of furan rings is 1. The zero-order chi connectivity index (χ0) is 21.6. The molecule has 154 valence electrons. The molecule has 0 aliphatic rings. The number of hydrogen-bond acceptors (Lipinski definition) is 9. The van der Waals surface area contributed by atoms with Crippen molar-refractivity contribution in [2.75, 3.05) is 0 Å². The van der Waals surface area contributed by atoms with E-state index in [1.807, 2.05) is 30.3 Å². The van der Waals surface area contributed by atoms with Gasteiger partial charge in [0.1, 0.15) is 5.76 Å². The molecular weight excluding hydrogens is 422 g/mol. The molecule has 0 aliphatic heterocycles. The Balaban J connectivity index is 1.39. The Bertz CT molecular complexity index is 1250. The fraction of sp³-hybridized carbons (Fsp3) is 0. The minimum Gasteiger partial charge on any atom is -0.448 e. The third-order valence-electron chi connectivity index (χ3n) is 3.91. The van der Waals surface area contributed by atoms with Crippen molar-refractivity contribution >= 4 is 29.6 Å². The van der Waals surface area contributed by atoms with Crippen molar-refractivity contribution in [2.45, 2.75) is 10.2 Å². The van der Waals surface area contributed by atoms with Gasteiger partial charge in [0.2, 0.25) is 5.16 Å². The van der Waals surface area contributed by atoms with Crippen LogP contribution in [0.25, 0.3) is 5.69 Å². The number of rotatable bonds is 7. The first-order valence-electron chi connectivity index (χ1n) is 8.79. The van der Waals surface area contributed by atoms with Crippen LogP contribution in [-0.2, 0) is 0 Å². The molecule has 2 heterocycles. The number of amides is 1. The molecule has 0 spiro atoms. The van der Waals surface area contributed by atoms with E-state index in [9.17, 15) is 14.9 Å². The van der Waals surface area contributed by atoms with E-state index in [1.54, 1.807) is 16.8 Å². The molecule has 1 amide bonds. The fourth-order valence-corrected chi connectivity index (χ4v) is 3.26. The lowest BCUT2D eigenvalue weighted by Gasteiger charge is -2.01. The highest BCUT2D eigenvalue weighted by Crippen LogP contribution is 2.28. The molecule has 0 saturated carbocycles. The number of nitrogens with one attached hydrogen (secondary N) is 1. The minimum absolute atomic E-state index is 0.120. The third-order valence-corrected chi connectivity index (χ3v) is 4.77. The summed E-state index contributed by atoms with van der Waals surface area (Å²) in [5.74, 6) is -0.191. The first kappa shape index (κ1) is 20.0. The number of nitro benzene ring substituents is 1. The van der Waals surface area contributed by atoms with Gasteiger partial charge in [-0.1, -0.05) is 24.3 Å². The molecule has 11 nitrogen and oxygen atoms in total. The van der Waals surface area contributed by atoms with E-state index in [0.29, 0.717) is 16.0 Å². The van der Waals surface area contributed by atoms with Gasteiger partial charge in [-0.25, -0.2) is 5.43 Å². The lowest BCUT2D eigenvalue weighted by Crippen LogP contribution is -2.17. The van der Waals surface area contributed by atoms with E-state index < -0.39 is 10.8 Å². The predicted molar refractivity (Wildman–Crippen MR) is 110 cm³/mol. The second-order valence-electron chi connectivity index (χ2n) is 5.97. The van der Waals surface area contributed by atoms with Gasteiger partial charge >= 0.3 is 0 Å². The van der Waals surface area contributed by atoms with Crippen molar-refractivity contribution < 1.29 is 14.1 Å². The number of para-hydroxylation sites is 1. The highest BCUT2D eigenvalue weighted by atomic mass is 32.2. The molecule has 0 fully saturated rings. The van der Waals surface area contributed by atoms with Crippen LogP contribution in [-0.4, -0.2) is 37.3 Å². The lowest BCUT2D eigenvalue weighted by atomic mass is 10.2. The number of benzene rings is 2. The topological polar surface area (TPSA) is 141 Å². The number of carbonyl (C=O) groups is 1. The van der Waals surface area contributed by atoms with Gasteiger partial charge in [0.25, 0.3) is 11.6 Å². The smallest absolute Gasteiger partial charge is 0.271 e. The predicted octanol–water partition coefficient (Wildman–Crippen LogP) is 3.08. The van der Waals surface area contributed by atoms with Crippen molar-refractivity contribution in [1.29, 1.82) is 0 Å². The SMILES string of the molecule is O=C(N/N=C/c1ccc(Sc2nnnn2-c2ccccc2)o1)c1cccc([N+](=O)[O-])c1. The monoisotopic (exact) mass is 435 g/mol. The number of carbonyl (C=O) groups excluding carboxylic acids is 1. The molecule has 0 bridgehead atoms. The van der Waals surface area contributed by atoms with Gasteiger partial charge in [0, 0.05) is 17.7 Å². The maximum atomic E-state index is 12.1. The summed E-state index contributed by atoms with van der Waals surface area (Å²) in [6.45, 7) is 0. The summed E-state index contributed by atoms with van der Waals surface area (Å²) in [4.78, 5) is 22.3. The van der Waals surface area contributed by atoms with Gasteiger partial charge in [-0.2, -0.15) is 9.78 Å². The molecule has 0 aliphatic carbocycles. The summed E-state index contributed by atoms with van der Waals surface area (Å²) >= 11 is 1.22. The fourth-order valence-electron chi connectivity index (χ4n) is 2.50. The van der Waals surface area contributed by atoms with Crippen molar-refractivity contribution in [1.82, 2.24) is 25.6 Å². The molecular formula is C19H13N7O4S. The Morgan fingerprint density at radius 1 is 1.16 bits per heavy atom. The van der Waals surface area contributed by atoms with Crippen LogP contribution in [0.15, 0.2) is 86.5 Å². The second kappa shape index (κ2) is 9.00. The van der Waals surface area contributed by atoms with Crippen LogP contribution >= 0.6 is 11.8 Å². The Morgan fingerprint density at radius 2 is 2.00 bits per heavy atom. The maximum absolute atomic E-state index is 12.1. The first-order chi connectivity index (χ1) is 15.1. The van der Waals surface area contributed by atoms with E-state index in [4.69, 9.17) is 4.42 Å². The van der Waals surface area contributed by atoms with Crippen LogP contribution in [0.5, 0.6) is 0 Å². The van der Waals surface area contributed by atoms with Crippen molar-refractivity contribution in [2.24, 2.45) is 5.10 Å². The summed E-state index contributed by atoms with van der Waals surface area (Å²) in [6.07, 6.45) is 1.32. The Kier molecular flexibility index (Phi) is 5.80. The van der Waals surface area contributed by atoms with Crippen molar-refractivity contribution in [3.63, 3.8) is 0 Å². The zero-order valence-electron chi connectivity index (χ0n) is 15.7. The summed E-state index contributed by atoms with van der Waals surface area (Å²) in [7, 11) is 0. The van der Waals surface area contributed by atoms with Crippen LogP contribution in [0.3, 0.4) is 0 Å². The molecule has 0 radical (unpaired) electrons. The van der Waals surface area contributed by atoms with Gasteiger partial charge in [-0.05, 0) is 52.5 Å². The molecule has 0 unspecified atom stereocenters. The standard InChI is InChI=1S/C19H13N7O4S/c27-18(13-5-4-8-15(11-13)26(28)29)21-20-12-16-9-10-17(30-16)31-19-22-23-24-25(19)14-6-2-1-3-7-14/h1-12H,(H,21,27)/b20-12+. The quantitative estimate of drug-likeness (QED) is 0.265. The molecule has 0 atom stereocenters. The highest BCUT2D eigenvalue weighted by molar-refractivity contribution is 7.99. The third kappa shape index (κ3) is 4.82. The number of hydrazone groups is 1. The maximum Gasteiger partial charge on any atom is 0.271 e.